The number of amides is 1. The molecule has 166 valence electrons. The zero-order valence-corrected chi connectivity index (χ0v) is 18.9. The average Bonchev–Trinajstić information content (AvgIpc) is 3.43. The summed E-state index contributed by atoms with van der Waals surface area (Å²) in [7, 11) is 0. The van der Waals surface area contributed by atoms with E-state index in [1.165, 1.54) is 0 Å². The quantitative estimate of drug-likeness (QED) is 0.744. The van der Waals surface area contributed by atoms with Crippen molar-refractivity contribution >= 4 is 30.7 Å². The highest BCUT2D eigenvalue weighted by atomic mass is 35.5. The fraction of sp³-hybridized carbons (Fsp3) is 0.571. The molecule has 2 fully saturated rings. The Morgan fingerprint density at radius 2 is 1.87 bits per heavy atom. The van der Waals surface area contributed by atoms with Crippen LogP contribution < -0.4 is 5.73 Å². The van der Waals surface area contributed by atoms with Gasteiger partial charge in [0.15, 0.2) is 0 Å². The fourth-order valence-electron chi connectivity index (χ4n) is 4.47. The molecule has 2 aliphatic rings. The van der Waals surface area contributed by atoms with Crippen LogP contribution in [-0.2, 0) is 4.79 Å². The molecule has 0 spiro atoms. The van der Waals surface area contributed by atoms with E-state index in [0.29, 0.717) is 30.1 Å². The van der Waals surface area contributed by atoms with Gasteiger partial charge in [0.2, 0.25) is 17.6 Å². The van der Waals surface area contributed by atoms with Gasteiger partial charge in [-0.1, -0.05) is 41.9 Å². The molecule has 3 atom stereocenters. The summed E-state index contributed by atoms with van der Waals surface area (Å²) in [5.41, 5.74) is 6.81. The summed E-state index contributed by atoms with van der Waals surface area (Å²) < 4.78 is 5.52. The van der Waals surface area contributed by atoms with Gasteiger partial charge < -0.3 is 15.2 Å². The third kappa shape index (κ3) is 5.14. The van der Waals surface area contributed by atoms with E-state index in [0.717, 1.165) is 51.0 Å². The van der Waals surface area contributed by atoms with Crippen LogP contribution in [0.5, 0.6) is 0 Å². The smallest absolute Gasteiger partial charge is 0.244 e. The van der Waals surface area contributed by atoms with E-state index in [9.17, 15) is 4.79 Å². The molecule has 1 unspecified atom stereocenters. The third-order valence-corrected chi connectivity index (χ3v) is 6.28. The minimum atomic E-state index is 0. The summed E-state index contributed by atoms with van der Waals surface area (Å²) in [5.74, 6) is 2.02. The van der Waals surface area contributed by atoms with Crippen LogP contribution >= 0.6 is 24.8 Å². The number of rotatable bonds is 5. The van der Waals surface area contributed by atoms with Gasteiger partial charge in [0, 0.05) is 37.7 Å². The van der Waals surface area contributed by atoms with Crippen molar-refractivity contribution in [3.63, 3.8) is 0 Å². The van der Waals surface area contributed by atoms with Crippen LogP contribution in [0.25, 0.3) is 11.4 Å². The number of nitrogens with zero attached hydrogens (tertiary/aromatic N) is 4. The van der Waals surface area contributed by atoms with Crippen molar-refractivity contribution in [3.8, 4) is 11.4 Å². The second kappa shape index (κ2) is 11.1. The van der Waals surface area contributed by atoms with Crippen LogP contribution in [-0.4, -0.2) is 58.6 Å². The SMILES string of the molecule is CC(c1nc(-c2ccccc2)no1)N1CCN(C(=O)[C@@H]2CCC[C@@H]2CN)CC1.Cl.Cl. The van der Waals surface area contributed by atoms with Crippen molar-refractivity contribution in [3.05, 3.63) is 36.2 Å². The zero-order valence-electron chi connectivity index (χ0n) is 17.3. The van der Waals surface area contributed by atoms with Gasteiger partial charge >= 0.3 is 0 Å². The molecule has 1 aliphatic heterocycles. The molecular formula is C21H31Cl2N5O2. The van der Waals surface area contributed by atoms with Crippen LogP contribution in [0, 0.1) is 11.8 Å². The van der Waals surface area contributed by atoms with Crippen molar-refractivity contribution in [1.82, 2.24) is 19.9 Å². The molecule has 1 aliphatic carbocycles. The van der Waals surface area contributed by atoms with Crippen molar-refractivity contribution in [1.29, 1.82) is 0 Å². The number of halogens is 2. The predicted molar refractivity (Wildman–Crippen MR) is 121 cm³/mol. The Morgan fingerprint density at radius 3 is 2.53 bits per heavy atom. The van der Waals surface area contributed by atoms with Gasteiger partial charge in [0.05, 0.1) is 6.04 Å². The Balaban J connectivity index is 0.00000160. The molecular weight excluding hydrogens is 425 g/mol. The molecule has 0 bridgehead atoms. The number of hydrogen-bond acceptors (Lipinski definition) is 6. The van der Waals surface area contributed by atoms with Gasteiger partial charge in [-0.25, -0.2) is 0 Å². The fourth-order valence-corrected chi connectivity index (χ4v) is 4.47. The van der Waals surface area contributed by atoms with E-state index < -0.39 is 0 Å². The topological polar surface area (TPSA) is 88.5 Å². The highest BCUT2D eigenvalue weighted by Gasteiger charge is 2.36. The lowest BCUT2D eigenvalue weighted by atomic mass is 9.94. The Bertz CT molecular complexity index is 796. The van der Waals surface area contributed by atoms with Gasteiger partial charge in [0.25, 0.3) is 0 Å². The van der Waals surface area contributed by atoms with Gasteiger partial charge in [-0.3, -0.25) is 9.69 Å². The van der Waals surface area contributed by atoms with Gasteiger partial charge in [-0.2, -0.15) is 4.98 Å². The second-order valence-electron chi connectivity index (χ2n) is 7.89. The predicted octanol–water partition coefficient (Wildman–Crippen LogP) is 3.16. The minimum Gasteiger partial charge on any atom is -0.340 e. The summed E-state index contributed by atoms with van der Waals surface area (Å²) in [4.78, 5) is 21.8. The van der Waals surface area contributed by atoms with Crippen LogP contribution in [0.3, 0.4) is 0 Å². The standard InChI is InChI=1S/C21H29N5O2.2ClH/c1-15(20-23-19(24-28-20)16-6-3-2-4-7-16)25-10-12-26(13-11-25)21(27)18-9-5-8-17(18)14-22;;/h2-4,6-7,15,17-18H,5,8-14,22H2,1H3;2*1H/t15?,17-,18-;;/m1../s1. The Kier molecular flexibility index (Phi) is 9.09. The number of benzene rings is 1. The van der Waals surface area contributed by atoms with Crippen molar-refractivity contribution in [2.75, 3.05) is 32.7 Å². The first-order valence-electron chi connectivity index (χ1n) is 10.3. The molecule has 4 rings (SSSR count). The molecule has 1 saturated heterocycles. The number of nitrogens with two attached hydrogens (primary N) is 1. The lowest BCUT2D eigenvalue weighted by molar-refractivity contribution is -0.138. The molecule has 30 heavy (non-hydrogen) atoms. The maximum Gasteiger partial charge on any atom is 0.244 e. The molecule has 0 radical (unpaired) electrons. The Labute approximate surface area is 190 Å². The average molecular weight is 456 g/mol. The first-order valence-corrected chi connectivity index (χ1v) is 10.3. The number of carbonyl (C=O) groups is 1. The molecule has 9 heteroatoms. The van der Waals surface area contributed by atoms with Gasteiger partial charge in [-0.05, 0) is 32.2 Å². The van der Waals surface area contributed by atoms with Gasteiger partial charge in [-0.15, -0.1) is 24.8 Å². The van der Waals surface area contributed by atoms with E-state index >= 15 is 0 Å². The van der Waals surface area contributed by atoms with Crippen LogP contribution in [0.15, 0.2) is 34.9 Å². The summed E-state index contributed by atoms with van der Waals surface area (Å²) >= 11 is 0. The van der Waals surface area contributed by atoms with E-state index in [4.69, 9.17) is 10.3 Å². The van der Waals surface area contributed by atoms with Crippen molar-refractivity contribution in [2.24, 2.45) is 17.6 Å². The van der Waals surface area contributed by atoms with E-state index in [2.05, 4.69) is 22.0 Å². The maximum atomic E-state index is 12.9. The summed E-state index contributed by atoms with van der Waals surface area (Å²) in [6.07, 6.45) is 3.20. The van der Waals surface area contributed by atoms with Crippen molar-refractivity contribution < 1.29 is 9.32 Å². The Morgan fingerprint density at radius 1 is 1.17 bits per heavy atom. The van der Waals surface area contributed by atoms with Crippen LogP contribution in [0.2, 0.25) is 0 Å². The number of hydrogen-bond donors (Lipinski definition) is 1. The zero-order chi connectivity index (χ0) is 19.5. The van der Waals surface area contributed by atoms with E-state index in [-0.39, 0.29) is 36.8 Å². The van der Waals surface area contributed by atoms with Gasteiger partial charge in [0.1, 0.15) is 0 Å². The molecule has 2 aromatic rings. The highest BCUT2D eigenvalue weighted by Crippen LogP contribution is 2.33. The molecule has 1 aromatic heterocycles. The first-order chi connectivity index (χ1) is 13.7. The monoisotopic (exact) mass is 455 g/mol. The van der Waals surface area contributed by atoms with Crippen LogP contribution in [0.1, 0.15) is 38.1 Å². The maximum absolute atomic E-state index is 12.9. The molecule has 2 N–H and O–H groups in total. The number of piperazine rings is 1. The van der Waals surface area contributed by atoms with Crippen LogP contribution in [0.4, 0.5) is 0 Å². The minimum absolute atomic E-state index is 0. The van der Waals surface area contributed by atoms with E-state index in [1.807, 2.05) is 35.2 Å². The largest absolute Gasteiger partial charge is 0.340 e. The normalized spacial score (nSPS) is 22.8. The molecule has 7 nitrogen and oxygen atoms in total. The number of carbonyl (C=O) groups excluding carboxylic acids is 1. The lowest BCUT2D eigenvalue weighted by Crippen LogP contribution is -2.51. The molecule has 1 amide bonds. The summed E-state index contributed by atoms with van der Waals surface area (Å²) in [6.45, 7) is 5.83. The Hall–Kier alpha value is -1.67. The third-order valence-electron chi connectivity index (χ3n) is 6.28. The summed E-state index contributed by atoms with van der Waals surface area (Å²) in [6, 6.07) is 9.87. The molecule has 1 aromatic carbocycles. The summed E-state index contributed by atoms with van der Waals surface area (Å²) in [5, 5.41) is 4.13. The van der Waals surface area contributed by atoms with E-state index in [1.54, 1.807) is 0 Å². The lowest BCUT2D eigenvalue weighted by Gasteiger charge is -2.38. The number of aromatic nitrogens is 2. The molecule has 1 saturated carbocycles. The highest BCUT2D eigenvalue weighted by molar-refractivity contribution is 5.85. The molecule has 2 heterocycles. The first kappa shape index (κ1) is 24.6. The second-order valence-corrected chi connectivity index (χ2v) is 7.89. The van der Waals surface area contributed by atoms with Crippen molar-refractivity contribution in [2.45, 2.75) is 32.2 Å².